The topological polar surface area (TPSA) is 50.5 Å². The maximum Gasteiger partial charge on any atom is 0.413 e. The molecule has 5 nitrogen and oxygen atoms in total. The molecule has 1 aromatic carbocycles. The van der Waals surface area contributed by atoms with Crippen LogP contribution in [0.5, 0.6) is 0 Å². The summed E-state index contributed by atoms with van der Waals surface area (Å²) < 4.78 is 56.5. The van der Waals surface area contributed by atoms with E-state index in [1.54, 1.807) is 0 Å². The van der Waals surface area contributed by atoms with Gasteiger partial charge in [0, 0.05) is 18.8 Å². The number of rotatable bonds is 1. The van der Waals surface area contributed by atoms with Crippen LogP contribution in [0.3, 0.4) is 0 Å². The van der Waals surface area contributed by atoms with Crippen molar-refractivity contribution in [3.8, 4) is 0 Å². The van der Waals surface area contributed by atoms with E-state index < -0.39 is 23.9 Å². The molecule has 3 aromatic rings. The minimum absolute atomic E-state index is 0.0161. The third-order valence-corrected chi connectivity index (χ3v) is 4.63. The lowest BCUT2D eigenvalue weighted by Crippen LogP contribution is -2.46. The first-order valence-corrected chi connectivity index (χ1v) is 8.29. The number of amides is 1. The van der Waals surface area contributed by atoms with E-state index in [1.165, 1.54) is 35.1 Å². The molecular weight excluding hydrogens is 388 g/mol. The van der Waals surface area contributed by atoms with Gasteiger partial charge in [0.15, 0.2) is 17.4 Å². The second-order valence-electron chi connectivity index (χ2n) is 6.10. The summed E-state index contributed by atoms with van der Waals surface area (Å²) in [5, 5.41) is 4.24. The van der Waals surface area contributed by atoms with Gasteiger partial charge in [-0.1, -0.05) is 23.7 Å². The first-order chi connectivity index (χ1) is 12.8. The van der Waals surface area contributed by atoms with Gasteiger partial charge < -0.3 is 4.90 Å². The van der Waals surface area contributed by atoms with Gasteiger partial charge in [0.2, 0.25) is 0 Å². The van der Waals surface area contributed by atoms with Crippen molar-refractivity contribution in [3.63, 3.8) is 0 Å². The molecule has 0 N–H and O–H groups in total. The molecule has 0 aliphatic carbocycles. The zero-order chi connectivity index (χ0) is 19.3. The molecule has 1 unspecified atom stereocenters. The van der Waals surface area contributed by atoms with E-state index in [0.29, 0.717) is 4.90 Å². The third kappa shape index (κ3) is 3.01. The molecule has 140 valence electrons. The number of fused-ring (bicyclic) bond motifs is 2. The fourth-order valence-electron chi connectivity index (χ4n) is 3.30. The highest BCUT2D eigenvalue weighted by Gasteiger charge is 2.49. The largest absolute Gasteiger partial charge is 0.413 e. The summed E-state index contributed by atoms with van der Waals surface area (Å²) in [6.07, 6.45) is -2.05. The van der Waals surface area contributed by atoms with Gasteiger partial charge in [-0.05, 0) is 23.6 Å². The summed E-state index contributed by atoms with van der Waals surface area (Å²) in [6, 6.07) is 2.55. The lowest BCUT2D eigenvalue weighted by Gasteiger charge is -2.38. The number of halogens is 5. The number of aromatic nitrogens is 3. The SMILES string of the molecule is O=C(c1cc2ncc(Cl)cn2n1)N1CCc2c(F)cccc2C1C(F)(F)F. The highest BCUT2D eigenvalue weighted by molar-refractivity contribution is 6.30. The molecule has 3 heterocycles. The average molecular weight is 399 g/mol. The molecular formula is C17H11ClF4N4O. The molecule has 0 saturated heterocycles. The van der Waals surface area contributed by atoms with Gasteiger partial charge in [-0.25, -0.2) is 13.9 Å². The number of benzene rings is 1. The molecule has 0 bridgehead atoms. The van der Waals surface area contributed by atoms with Crippen molar-refractivity contribution in [2.24, 2.45) is 0 Å². The highest BCUT2D eigenvalue weighted by atomic mass is 35.5. The molecule has 27 heavy (non-hydrogen) atoms. The molecule has 4 rings (SSSR count). The van der Waals surface area contributed by atoms with E-state index in [9.17, 15) is 22.4 Å². The maximum atomic E-state index is 14.0. The number of hydrogen-bond acceptors (Lipinski definition) is 3. The van der Waals surface area contributed by atoms with Gasteiger partial charge in [0.25, 0.3) is 5.91 Å². The number of carbonyl (C=O) groups excluding carboxylic acids is 1. The molecule has 1 aliphatic rings. The van der Waals surface area contributed by atoms with Crippen molar-refractivity contribution in [3.05, 3.63) is 64.3 Å². The van der Waals surface area contributed by atoms with Crippen molar-refractivity contribution in [1.29, 1.82) is 0 Å². The standard InChI is InChI=1S/C17H11ClF4N4O/c18-9-7-23-14-6-13(24-26(14)8-9)16(27)25-5-4-10-11(2-1-3-12(10)19)15(25)17(20,21)22/h1-3,6-8,15H,4-5H2. The van der Waals surface area contributed by atoms with Gasteiger partial charge in [-0.2, -0.15) is 18.3 Å². The van der Waals surface area contributed by atoms with Crippen LogP contribution in [0.25, 0.3) is 5.65 Å². The molecule has 0 saturated carbocycles. The molecule has 2 aromatic heterocycles. The molecule has 10 heteroatoms. The van der Waals surface area contributed by atoms with E-state index in [1.807, 2.05) is 0 Å². The van der Waals surface area contributed by atoms with Gasteiger partial charge in [-0.15, -0.1) is 0 Å². The van der Waals surface area contributed by atoms with Gasteiger partial charge in [0.1, 0.15) is 5.82 Å². The van der Waals surface area contributed by atoms with Crippen LogP contribution in [-0.4, -0.2) is 38.1 Å². The monoisotopic (exact) mass is 398 g/mol. The van der Waals surface area contributed by atoms with E-state index in [2.05, 4.69) is 10.1 Å². The smallest absolute Gasteiger partial charge is 0.321 e. The first-order valence-electron chi connectivity index (χ1n) is 7.91. The first kappa shape index (κ1) is 17.7. The Morgan fingerprint density at radius 3 is 2.81 bits per heavy atom. The van der Waals surface area contributed by atoms with E-state index in [0.717, 1.165) is 6.07 Å². The van der Waals surface area contributed by atoms with Crippen LogP contribution in [0.15, 0.2) is 36.7 Å². The Hall–Kier alpha value is -2.68. The zero-order valence-corrected chi connectivity index (χ0v) is 14.3. The predicted octanol–water partition coefficient (Wildman–Crippen LogP) is 3.82. The predicted molar refractivity (Wildman–Crippen MR) is 87.9 cm³/mol. The van der Waals surface area contributed by atoms with Crippen molar-refractivity contribution in [2.45, 2.75) is 18.6 Å². The van der Waals surface area contributed by atoms with Crippen LogP contribution in [-0.2, 0) is 6.42 Å². The number of nitrogens with zero attached hydrogens (tertiary/aromatic N) is 4. The number of carbonyl (C=O) groups is 1. The Balaban J connectivity index is 1.78. The van der Waals surface area contributed by atoms with Crippen LogP contribution >= 0.6 is 11.6 Å². The van der Waals surface area contributed by atoms with Crippen LogP contribution in [0.2, 0.25) is 5.02 Å². The summed E-state index contributed by atoms with van der Waals surface area (Å²) in [6.45, 7) is -0.279. The maximum absolute atomic E-state index is 14.0. The number of hydrogen-bond donors (Lipinski definition) is 0. The van der Waals surface area contributed by atoms with Crippen molar-refractivity contribution >= 4 is 23.2 Å². The Morgan fingerprint density at radius 1 is 1.30 bits per heavy atom. The number of alkyl halides is 3. The second-order valence-corrected chi connectivity index (χ2v) is 6.54. The average Bonchev–Trinajstić information content (AvgIpc) is 3.02. The summed E-state index contributed by atoms with van der Waals surface area (Å²) in [5.41, 5.74) is -0.201. The van der Waals surface area contributed by atoms with Crippen LogP contribution < -0.4 is 0 Å². The van der Waals surface area contributed by atoms with Gasteiger partial charge >= 0.3 is 6.18 Å². The van der Waals surface area contributed by atoms with E-state index >= 15 is 0 Å². The third-order valence-electron chi connectivity index (χ3n) is 4.44. The fourth-order valence-corrected chi connectivity index (χ4v) is 3.44. The molecule has 0 spiro atoms. The molecule has 0 fully saturated rings. The van der Waals surface area contributed by atoms with Crippen LogP contribution in [0.4, 0.5) is 17.6 Å². The highest BCUT2D eigenvalue weighted by Crippen LogP contribution is 2.43. The van der Waals surface area contributed by atoms with Crippen molar-refractivity contribution < 1.29 is 22.4 Å². The Bertz CT molecular complexity index is 1050. The normalized spacial score (nSPS) is 17.2. The molecule has 1 aliphatic heterocycles. The molecule has 1 amide bonds. The molecule has 1 atom stereocenters. The minimum Gasteiger partial charge on any atom is -0.321 e. The van der Waals surface area contributed by atoms with Crippen molar-refractivity contribution in [2.75, 3.05) is 6.54 Å². The van der Waals surface area contributed by atoms with Gasteiger partial charge in [-0.3, -0.25) is 4.79 Å². The van der Waals surface area contributed by atoms with Gasteiger partial charge in [0.05, 0.1) is 11.2 Å². The van der Waals surface area contributed by atoms with Crippen LogP contribution in [0.1, 0.15) is 27.7 Å². The quantitative estimate of drug-likeness (QED) is 0.585. The van der Waals surface area contributed by atoms with E-state index in [4.69, 9.17) is 11.6 Å². The second kappa shape index (κ2) is 6.19. The van der Waals surface area contributed by atoms with Crippen molar-refractivity contribution in [1.82, 2.24) is 19.5 Å². The Kier molecular flexibility index (Phi) is 4.06. The van der Waals surface area contributed by atoms with Crippen LogP contribution in [0, 0.1) is 5.82 Å². The summed E-state index contributed by atoms with van der Waals surface area (Å²) in [4.78, 5) is 17.4. The molecule has 0 radical (unpaired) electrons. The minimum atomic E-state index is -4.76. The lowest BCUT2D eigenvalue weighted by molar-refractivity contribution is -0.181. The lowest BCUT2D eigenvalue weighted by atomic mass is 9.91. The zero-order valence-electron chi connectivity index (χ0n) is 13.5. The summed E-state index contributed by atoms with van der Waals surface area (Å²) in [5.74, 6) is -1.62. The summed E-state index contributed by atoms with van der Waals surface area (Å²) in [7, 11) is 0. The Morgan fingerprint density at radius 2 is 2.07 bits per heavy atom. The van der Waals surface area contributed by atoms with E-state index in [-0.39, 0.29) is 40.5 Å². The fraction of sp³-hybridized carbons (Fsp3) is 0.235. The Labute approximate surface area is 155 Å². The summed E-state index contributed by atoms with van der Waals surface area (Å²) >= 11 is 5.81.